The number of rotatable bonds is 4. The second kappa shape index (κ2) is 5.69. The van der Waals surface area contributed by atoms with Gasteiger partial charge in [0.2, 0.25) is 0 Å². The number of hydrogen-bond acceptors (Lipinski definition) is 3. The van der Waals surface area contributed by atoms with Gasteiger partial charge in [0.15, 0.2) is 0 Å². The quantitative estimate of drug-likeness (QED) is 0.871. The van der Waals surface area contributed by atoms with E-state index in [2.05, 4.69) is 0 Å². The van der Waals surface area contributed by atoms with Crippen LogP contribution in [0.3, 0.4) is 0 Å². The SMILES string of the molecule is CC(=N)c1ccc(F)cc1OCc1cccc(=O)n1C. The minimum absolute atomic E-state index is 0.131. The van der Waals surface area contributed by atoms with Gasteiger partial charge in [0.25, 0.3) is 5.56 Å². The van der Waals surface area contributed by atoms with Crippen molar-refractivity contribution in [3.05, 3.63) is 63.8 Å². The Morgan fingerprint density at radius 3 is 2.80 bits per heavy atom. The van der Waals surface area contributed by atoms with Crippen LogP contribution in [0.25, 0.3) is 0 Å². The summed E-state index contributed by atoms with van der Waals surface area (Å²) in [6, 6.07) is 8.91. The summed E-state index contributed by atoms with van der Waals surface area (Å²) >= 11 is 0. The summed E-state index contributed by atoms with van der Waals surface area (Å²) < 4.78 is 20.3. The molecule has 0 spiro atoms. The Labute approximate surface area is 116 Å². The van der Waals surface area contributed by atoms with Gasteiger partial charge < -0.3 is 14.7 Å². The Morgan fingerprint density at radius 2 is 2.10 bits per heavy atom. The third-order valence-corrected chi connectivity index (χ3v) is 3.01. The molecule has 20 heavy (non-hydrogen) atoms. The first kappa shape index (κ1) is 14.0. The molecule has 0 radical (unpaired) electrons. The zero-order valence-corrected chi connectivity index (χ0v) is 11.3. The number of nitrogens with one attached hydrogen (secondary N) is 1. The third-order valence-electron chi connectivity index (χ3n) is 3.01. The fourth-order valence-electron chi connectivity index (χ4n) is 1.83. The van der Waals surface area contributed by atoms with Gasteiger partial charge in [0.05, 0.1) is 5.69 Å². The van der Waals surface area contributed by atoms with E-state index >= 15 is 0 Å². The monoisotopic (exact) mass is 274 g/mol. The van der Waals surface area contributed by atoms with Crippen molar-refractivity contribution in [3.8, 4) is 5.75 Å². The topological polar surface area (TPSA) is 55.1 Å². The third kappa shape index (κ3) is 2.93. The van der Waals surface area contributed by atoms with E-state index in [9.17, 15) is 9.18 Å². The van der Waals surface area contributed by atoms with Crippen LogP contribution in [0.5, 0.6) is 5.75 Å². The standard InChI is InChI=1S/C15H15FN2O2/c1-10(17)13-7-6-11(16)8-14(13)20-9-12-4-3-5-15(19)18(12)2/h3-8,17H,9H2,1-2H3. The van der Waals surface area contributed by atoms with Crippen molar-refractivity contribution in [1.29, 1.82) is 5.41 Å². The van der Waals surface area contributed by atoms with Crippen molar-refractivity contribution in [3.63, 3.8) is 0 Å². The van der Waals surface area contributed by atoms with Crippen LogP contribution in [0.15, 0.2) is 41.2 Å². The lowest BCUT2D eigenvalue weighted by Crippen LogP contribution is -2.20. The summed E-state index contributed by atoms with van der Waals surface area (Å²) in [7, 11) is 1.65. The van der Waals surface area contributed by atoms with Crippen LogP contribution in [0.2, 0.25) is 0 Å². The number of aromatic nitrogens is 1. The number of halogens is 1. The molecule has 1 aromatic carbocycles. The van der Waals surface area contributed by atoms with Gasteiger partial charge in [-0.3, -0.25) is 4.79 Å². The number of pyridine rings is 1. The van der Waals surface area contributed by atoms with E-state index in [0.717, 1.165) is 0 Å². The van der Waals surface area contributed by atoms with E-state index in [-0.39, 0.29) is 12.2 Å². The minimum Gasteiger partial charge on any atom is -0.487 e. The van der Waals surface area contributed by atoms with Crippen molar-refractivity contribution < 1.29 is 9.13 Å². The van der Waals surface area contributed by atoms with Gasteiger partial charge in [0.1, 0.15) is 18.2 Å². The smallest absolute Gasteiger partial charge is 0.250 e. The Hall–Kier alpha value is -2.43. The highest BCUT2D eigenvalue weighted by atomic mass is 19.1. The summed E-state index contributed by atoms with van der Waals surface area (Å²) in [4.78, 5) is 11.5. The molecule has 0 bridgehead atoms. The highest BCUT2D eigenvalue weighted by Gasteiger charge is 2.08. The molecule has 4 nitrogen and oxygen atoms in total. The molecule has 0 atom stereocenters. The van der Waals surface area contributed by atoms with Gasteiger partial charge in [0, 0.05) is 30.5 Å². The molecule has 0 unspecified atom stereocenters. The maximum absolute atomic E-state index is 13.3. The molecule has 5 heteroatoms. The number of benzene rings is 1. The van der Waals surface area contributed by atoms with Crippen molar-refractivity contribution in [2.75, 3.05) is 0 Å². The van der Waals surface area contributed by atoms with Gasteiger partial charge in [-0.15, -0.1) is 0 Å². The molecule has 0 saturated carbocycles. The lowest BCUT2D eigenvalue weighted by Gasteiger charge is -2.12. The lowest BCUT2D eigenvalue weighted by atomic mass is 10.1. The van der Waals surface area contributed by atoms with Crippen LogP contribution in [-0.2, 0) is 13.7 Å². The van der Waals surface area contributed by atoms with E-state index in [0.29, 0.717) is 22.7 Å². The molecule has 0 aliphatic heterocycles. The average Bonchev–Trinajstić information content (AvgIpc) is 2.40. The first-order valence-corrected chi connectivity index (χ1v) is 6.12. The summed E-state index contributed by atoms with van der Waals surface area (Å²) in [5, 5.41) is 7.65. The Kier molecular flexibility index (Phi) is 3.98. The number of ether oxygens (including phenoxy) is 1. The molecule has 2 aromatic rings. The van der Waals surface area contributed by atoms with Crippen molar-refractivity contribution in [2.24, 2.45) is 7.05 Å². The fraction of sp³-hybridized carbons (Fsp3) is 0.200. The van der Waals surface area contributed by atoms with Crippen LogP contribution >= 0.6 is 0 Å². The zero-order chi connectivity index (χ0) is 14.7. The summed E-state index contributed by atoms with van der Waals surface area (Å²) in [6.45, 7) is 1.74. The van der Waals surface area contributed by atoms with Crippen molar-refractivity contribution >= 4 is 5.71 Å². The summed E-state index contributed by atoms with van der Waals surface area (Å²) in [5.41, 5.74) is 1.37. The molecule has 1 heterocycles. The van der Waals surface area contributed by atoms with Crippen LogP contribution in [-0.4, -0.2) is 10.3 Å². The van der Waals surface area contributed by atoms with E-state index in [1.54, 1.807) is 26.1 Å². The zero-order valence-electron chi connectivity index (χ0n) is 11.3. The molecule has 0 amide bonds. The molecular weight excluding hydrogens is 259 g/mol. The minimum atomic E-state index is -0.424. The first-order chi connectivity index (χ1) is 9.49. The van der Waals surface area contributed by atoms with Gasteiger partial charge >= 0.3 is 0 Å². The van der Waals surface area contributed by atoms with E-state index in [1.165, 1.54) is 28.8 Å². The van der Waals surface area contributed by atoms with Gasteiger partial charge in [-0.05, 0) is 25.1 Å². The lowest BCUT2D eigenvalue weighted by molar-refractivity contribution is 0.293. The maximum atomic E-state index is 13.3. The molecule has 1 aromatic heterocycles. The molecule has 2 rings (SSSR count). The molecular formula is C15H15FN2O2. The predicted molar refractivity (Wildman–Crippen MR) is 74.9 cm³/mol. The van der Waals surface area contributed by atoms with Crippen molar-refractivity contribution in [1.82, 2.24) is 4.57 Å². The predicted octanol–water partition coefficient (Wildman–Crippen LogP) is 2.49. The van der Waals surface area contributed by atoms with Crippen LogP contribution in [0, 0.1) is 11.2 Å². The number of hydrogen-bond donors (Lipinski definition) is 1. The van der Waals surface area contributed by atoms with Crippen LogP contribution in [0.1, 0.15) is 18.2 Å². The van der Waals surface area contributed by atoms with Crippen LogP contribution < -0.4 is 10.3 Å². The second-order valence-corrected chi connectivity index (χ2v) is 4.47. The highest BCUT2D eigenvalue weighted by molar-refractivity contribution is 5.98. The molecule has 0 aliphatic rings. The van der Waals surface area contributed by atoms with E-state index in [1.807, 2.05) is 0 Å². The second-order valence-electron chi connectivity index (χ2n) is 4.47. The fourth-order valence-corrected chi connectivity index (χ4v) is 1.83. The van der Waals surface area contributed by atoms with Crippen molar-refractivity contribution in [2.45, 2.75) is 13.5 Å². The largest absolute Gasteiger partial charge is 0.487 e. The number of nitrogens with zero attached hydrogens (tertiary/aromatic N) is 1. The summed E-state index contributed by atoms with van der Waals surface area (Å²) in [6.07, 6.45) is 0. The Bertz CT molecular complexity index is 707. The van der Waals surface area contributed by atoms with E-state index < -0.39 is 5.82 Å². The van der Waals surface area contributed by atoms with Gasteiger partial charge in [-0.2, -0.15) is 0 Å². The Morgan fingerprint density at radius 1 is 1.35 bits per heavy atom. The molecule has 0 fully saturated rings. The molecule has 0 aliphatic carbocycles. The Balaban J connectivity index is 2.27. The van der Waals surface area contributed by atoms with Gasteiger partial charge in [-0.1, -0.05) is 6.07 Å². The highest BCUT2D eigenvalue weighted by Crippen LogP contribution is 2.21. The normalized spacial score (nSPS) is 10.3. The van der Waals surface area contributed by atoms with E-state index in [4.69, 9.17) is 10.1 Å². The average molecular weight is 274 g/mol. The molecule has 0 saturated heterocycles. The first-order valence-electron chi connectivity index (χ1n) is 6.12. The molecule has 104 valence electrons. The molecule has 1 N–H and O–H groups in total. The van der Waals surface area contributed by atoms with Gasteiger partial charge in [-0.25, -0.2) is 4.39 Å². The summed E-state index contributed by atoms with van der Waals surface area (Å²) in [5.74, 6) is -0.124. The maximum Gasteiger partial charge on any atom is 0.250 e. The van der Waals surface area contributed by atoms with Crippen LogP contribution in [0.4, 0.5) is 4.39 Å².